The molecule has 1 N–H and O–H groups in total. The summed E-state index contributed by atoms with van der Waals surface area (Å²) in [4.78, 5) is 13.7. The van der Waals surface area contributed by atoms with Crippen molar-refractivity contribution < 1.29 is 9.84 Å². The van der Waals surface area contributed by atoms with E-state index in [1.165, 1.54) is 11.1 Å². The number of anilines is 1. The van der Waals surface area contributed by atoms with E-state index in [0.717, 1.165) is 62.1 Å². The first-order valence-electron chi connectivity index (χ1n) is 9.90. The summed E-state index contributed by atoms with van der Waals surface area (Å²) in [6, 6.07) is 7.04. The molecule has 4 heterocycles. The van der Waals surface area contributed by atoms with Crippen LogP contribution in [0.5, 0.6) is 5.75 Å². The second-order valence-corrected chi connectivity index (χ2v) is 7.55. The van der Waals surface area contributed by atoms with Crippen molar-refractivity contribution in [2.75, 3.05) is 37.7 Å². The predicted molar refractivity (Wildman–Crippen MR) is 107 cm³/mol. The van der Waals surface area contributed by atoms with Crippen molar-refractivity contribution >= 4 is 11.5 Å². The summed E-state index contributed by atoms with van der Waals surface area (Å²) in [6.07, 6.45) is 6.47. The number of aliphatic hydroxyl groups is 1. The maximum atomic E-state index is 9.48. The minimum absolute atomic E-state index is 0.0274. The van der Waals surface area contributed by atoms with Gasteiger partial charge in [0.2, 0.25) is 0 Å². The Morgan fingerprint density at radius 2 is 2.00 bits per heavy atom. The molecule has 1 aromatic carbocycles. The third kappa shape index (κ3) is 3.00. The van der Waals surface area contributed by atoms with Gasteiger partial charge in [0.05, 0.1) is 37.5 Å². The molecule has 0 saturated carbocycles. The van der Waals surface area contributed by atoms with Crippen LogP contribution < -0.4 is 9.64 Å². The van der Waals surface area contributed by atoms with E-state index in [1.54, 1.807) is 12.4 Å². The normalized spacial score (nSPS) is 18.3. The molecule has 7 heteroatoms. The molecule has 1 unspecified atom stereocenters. The van der Waals surface area contributed by atoms with Crippen LogP contribution in [-0.4, -0.2) is 57.2 Å². The lowest BCUT2D eigenvalue weighted by Crippen LogP contribution is -2.47. The van der Waals surface area contributed by atoms with Gasteiger partial charge in [0.1, 0.15) is 11.6 Å². The number of nitrogens with zero attached hydrogens (tertiary/aromatic N) is 5. The first kappa shape index (κ1) is 17.5. The monoisotopic (exact) mass is 379 g/mol. The lowest BCUT2D eigenvalue weighted by atomic mass is 10.0. The Morgan fingerprint density at radius 1 is 1.14 bits per heavy atom. The molecule has 146 valence electrons. The van der Waals surface area contributed by atoms with E-state index in [0.29, 0.717) is 6.04 Å². The van der Waals surface area contributed by atoms with Crippen molar-refractivity contribution in [2.45, 2.75) is 26.0 Å². The molecule has 0 amide bonds. The molecule has 0 spiro atoms. The smallest absolute Gasteiger partial charge is 0.155 e. The molecular weight excluding hydrogens is 354 g/mol. The minimum Gasteiger partial charge on any atom is -0.493 e. The Labute approximate surface area is 164 Å². The van der Waals surface area contributed by atoms with Crippen molar-refractivity contribution in [3.8, 4) is 5.75 Å². The Balaban J connectivity index is 1.28. The summed E-state index contributed by atoms with van der Waals surface area (Å²) >= 11 is 0. The molecule has 3 aromatic rings. The summed E-state index contributed by atoms with van der Waals surface area (Å²) in [5.41, 5.74) is 4.19. The molecule has 1 atom stereocenters. The molecule has 0 aliphatic carbocycles. The fourth-order valence-electron chi connectivity index (χ4n) is 4.20. The van der Waals surface area contributed by atoms with Gasteiger partial charge in [-0.25, -0.2) is 9.97 Å². The lowest BCUT2D eigenvalue weighted by Gasteiger charge is -2.38. The van der Waals surface area contributed by atoms with Crippen molar-refractivity contribution in [1.82, 2.24) is 19.3 Å². The molecule has 2 aliphatic rings. The van der Waals surface area contributed by atoms with Crippen LogP contribution in [0.2, 0.25) is 0 Å². The lowest BCUT2D eigenvalue weighted by molar-refractivity contribution is 0.198. The second-order valence-electron chi connectivity index (χ2n) is 7.55. The molecule has 5 rings (SSSR count). The Hall–Kier alpha value is -2.64. The average molecular weight is 379 g/mol. The van der Waals surface area contributed by atoms with Gasteiger partial charge in [0.25, 0.3) is 0 Å². The largest absolute Gasteiger partial charge is 0.493 e. The third-order valence-corrected chi connectivity index (χ3v) is 6.01. The van der Waals surface area contributed by atoms with Crippen LogP contribution in [0.3, 0.4) is 0 Å². The average Bonchev–Trinajstić information content (AvgIpc) is 3.38. The molecule has 7 nitrogen and oxygen atoms in total. The fraction of sp³-hybridized carbons (Fsp3) is 0.429. The van der Waals surface area contributed by atoms with Crippen LogP contribution in [0.4, 0.5) is 5.82 Å². The van der Waals surface area contributed by atoms with Crippen LogP contribution in [0.25, 0.3) is 5.65 Å². The highest BCUT2D eigenvalue weighted by Gasteiger charge is 2.24. The number of aliphatic hydroxyl groups excluding tert-OH is 1. The number of benzene rings is 1. The van der Waals surface area contributed by atoms with E-state index < -0.39 is 0 Å². The van der Waals surface area contributed by atoms with Gasteiger partial charge in [-0.15, -0.1) is 0 Å². The van der Waals surface area contributed by atoms with Crippen LogP contribution in [-0.2, 0) is 13.0 Å². The van der Waals surface area contributed by atoms with Gasteiger partial charge in [0.15, 0.2) is 5.65 Å². The number of piperazine rings is 1. The fourth-order valence-corrected chi connectivity index (χ4v) is 4.20. The molecular formula is C21H25N5O2. The van der Waals surface area contributed by atoms with Crippen LogP contribution in [0, 0.1) is 0 Å². The third-order valence-electron chi connectivity index (χ3n) is 6.01. The SMILES string of the molecule is CC(c1ccc2c(c1)OCC2)N1CCN(c2cn3c(CO)cnc3cn2)CC1. The summed E-state index contributed by atoms with van der Waals surface area (Å²) in [5.74, 6) is 1.99. The number of fused-ring (bicyclic) bond motifs is 2. The van der Waals surface area contributed by atoms with E-state index in [4.69, 9.17) is 4.74 Å². The zero-order valence-electron chi connectivity index (χ0n) is 16.1. The highest BCUT2D eigenvalue weighted by molar-refractivity contribution is 5.46. The quantitative estimate of drug-likeness (QED) is 0.748. The highest BCUT2D eigenvalue weighted by Crippen LogP contribution is 2.31. The van der Waals surface area contributed by atoms with Gasteiger partial charge in [0, 0.05) is 38.6 Å². The first-order chi connectivity index (χ1) is 13.7. The zero-order chi connectivity index (χ0) is 19.1. The van der Waals surface area contributed by atoms with E-state index in [2.05, 4.69) is 44.9 Å². The molecule has 1 fully saturated rings. The van der Waals surface area contributed by atoms with Crippen LogP contribution in [0.1, 0.15) is 29.8 Å². The van der Waals surface area contributed by atoms with E-state index in [1.807, 2.05) is 10.6 Å². The second kappa shape index (κ2) is 7.07. The Morgan fingerprint density at radius 3 is 2.82 bits per heavy atom. The van der Waals surface area contributed by atoms with Crippen LogP contribution in [0.15, 0.2) is 36.8 Å². The number of hydrogen-bond acceptors (Lipinski definition) is 6. The van der Waals surface area contributed by atoms with Gasteiger partial charge >= 0.3 is 0 Å². The number of aromatic nitrogens is 3. The number of rotatable bonds is 4. The number of ether oxygens (including phenoxy) is 1. The standard InChI is InChI=1S/C21H25N5O2/c1-15(17-3-2-16-4-9-28-19(16)10-17)24-5-7-25(8-6-24)21-13-26-18(14-27)11-22-20(26)12-23-21/h2-3,10-13,15,27H,4-9,14H2,1H3. The van der Waals surface area contributed by atoms with Gasteiger partial charge < -0.3 is 14.7 Å². The molecule has 2 aromatic heterocycles. The summed E-state index contributed by atoms with van der Waals surface area (Å²) in [6.45, 7) is 6.86. The van der Waals surface area contributed by atoms with E-state index in [-0.39, 0.29) is 6.61 Å². The van der Waals surface area contributed by atoms with Gasteiger partial charge in [-0.05, 0) is 24.1 Å². The van der Waals surface area contributed by atoms with Crippen molar-refractivity contribution in [2.24, 2.45) is 0 Å². The van der Waals surface area contributed by atoms with Crippen molar-refractivity contribution in [3.05, 3.63) is 53.6 Å². The zero-order valence-corrected chi connectivity index (χ0v) is 16.1. The minimum atomic E-state index is -0.0274. The first-order valence-corrected chi connectivity index (χ1v) is 9.90. The summed E-state index contributed by atoms with van der Waals surface area (Å²) in [7, 11) is 0. The Bertz CT molecular complexity index is 994. The van der Waals surface area contributed by atoms with E-state index >= 15 is 0 Å². The number of hydrogen-bond donors (Lipinski definition) is 1. The summed E-state index contributed by atoms with van der Waals surface area (Å²) < 4.78 is 7.66. The molecule has 0 bridgehead atoms. The van der Waals surface area contributed by atoms with Gasteiger partial charge in [-0.2, -0.15) is 0 Å². The van der Waals surface area contributed by atoms with E-state index in [9.17, 15) is 5.11 Å². The highest BCUT2D eigenvalue weighted by atomic mass is 16.5. The van der Waals surface area contributed by atoms with Crippen molar-refractivity contribution in [1.29, 1.82) is 0 Å². The molecule has 28 heavy (non-hydrogen) atoms. The topological polar surface area (TPSA) is 66.1 Å². The Kier molecular flexibility index (Phi) is 4.41. The molecule has 2 aliphatic heterocycles. The van der Waals surface area contributed by atoms with Gasteiger partial charge in [-0.3, -0.25) is 9.30 Å². The number of imidazole rings is 1. The summed E-state index contributed by atoms with van der Waals surface area (Å²) in [5, 5.41) is 9.48. The van der Waals surface area contributed by atoms with Crippen molar-refractivity contribution in [3.63, 3.8) is 0 Å². The van der Waals surface area contributed by atoms with Crippen LogP contribution >= 0.6 is 0 Å². The maximum Gasteiger partial charge on any atom is 0.155 e. The maximum absolute atomic E-state index is 9.48. The predicted octanol–water partition coefficient (Wildman–Crippen LogP) is 2.04. The molecule has 1 saturated heterocycles. The molecule has 0 radical (unpaired) electrons. The van der Waals surface area contributed by atoms with Gasteiger partial charge in [-0.1, -0.05) is 12.1 Å².